The predicted molar refractivity (Wildman–Crippen MR) is 93.5 cm³/mol. The van der Waals surface area contributed by atoms with Crippen molar-refractivity contribution in [1.29, 1.82) is 0 Å². The number of urea groups is 1. The van der Waals surface area contributed by atoms with Crippen LogP contribution < -0.4 is 11.1 Å². The molecule has 1 aliphatic heterocycles. The first-order chi connectivity index (χ1) is 11.9. The molecule has 0 bridgehead atoms. The fourth-order valence-corrected chi connectivity index (χ4v) is 4.35. The van der Waals surface area contributed by atoms with Gasteiger partial charge in [-0.05, 0) is 43.9 Å². The monoisotopic (exact) mass is 347 g/mol. The second-order valence-electron chi connectivity index (χ2n) is 7.42. The van der Waals surface area contributed by atoms with Crippen molar-refractivity contribution in [1.82, 2.24) is 10.2 Å². The number of carbonyl (C=O) groups excluding carboxylic acids is 2. The Balaban J connectivity index is 1.78. The van der Waals surface area contributed by atoms with Gasteiger partial charge in [-0.25, -0.2) is 9.18 Å². The summed E-state index contributed by atoms with van der Waals surface area (Å²) in [4.78, 5) is 26.7. The fraction of sp³-hybridized carbons (Fsp3) is 0.579. The van der Waals surface area contributed by atoms with Crippen LogP contribution in [0.3, 0.4) is 0 Å². The fourth-order valence-electron chi connectivity index (χ4n) is 4.35. The third kappa shape index (κ3) is 3.62. The molecule has 1 saturated heterocycles. The molecular formula is C19H26FN3O2. The van der Waals surface area contributed by atoms with E-state index in [1.54, 1.807) is 12.1 Å². The largest absolute Gasteiger partial charge is 0.352 e. The molecule has 136 valence electrons. The summed E-state index contributed by atoms with van der Waals surface area (Å²) >= 11 is 0. The highest BCUT2D eigenvalue weighted by Crippen LogP contribution is 2.36. The van der Waals surface area contributed by atoms with Crippen LogP contribution in [-0.4, -0.2) is 35.0 Å². The first kappa shape index (κ1) is 17.7. The van der Waals surface area contributed by atoms with Crippen molar-refractivity contribution in [2.45, 2.75) is 62.9 Å². The average Bonchev–Trinajstić information content (AvgIpc) is 2.96. The van der Waals surface area contributed by atoms with Crippen LogP contribution in [0.5, 0.6) is 0 Å². The van der Waals surface area contributed by atoms with Gasteiger partial charge in [0.1, 0.15) is 11.4 Å². The van der Waals surface area contributed by atoms with E-state index >= 15 is 0 Å². The van der Waals surface area contributed by atoms with Gasteiger partial charge in [0.15, 0.2) is 0 Å². The lowest BCUT2D eigenvalue weighted by Crippen LogP contribution is -2.62. The SMILES string of the molecule is C[C@@H]1C[C@@H](c2ccc(F)cc2)CN1C(=O)C1(NC(N)=O)CCCCC1. The Bertz CT molecular complexity index is 641. The van der Waals surface area contributed by atoms with Gasteiger partial charge in [0.2, 0.25) is 5.91 Å². The zero-order chi connectivity index (χ0) is 18.0. The number of carbonyl (C=O) groups is 2. The molecular weight excluding hydrogens is 321 g/mol. The number of rotatable bonds is 3. The Morgan fingerprint density at radius 2 is 1.84 bits per heavy atom. The molecule has 0 aromatic heterocycles. The minimum atomic E-state index is -0.865. The molecule has 3 rings (SSSR count). The quantitative estimate of drug-likeness (QED) is 0.882. The van der Waals surface area contributed by atoms with E-state index < -0.39 is 11.6 Å². The summed E-state index contributed by atoms with van der Waals surface area (Å²) in [6.07, 6.45) is 5.01. The molecule has 6 heteroatoms. The summed E-state index contributed by atoms with van der Waals surface area (Å²) in [5, 5.41) is 2.75. The van der Waals surface area contributed by atoms with Crippen LogP contribution in [0.15, 0.2) is 24.3 Å². The number of primary amides is 1. The van der Waals surface area contributed by atoms with E-state index in [1.165, 1.54) is 12.1 Å². The molecule has 3 amide bonds. The third-order valence-corrected chi connectivity index (χ3v) is 5.66. The lowest BCUT2D eigenvalue weighted by Gasteiger charge is -2.40. The minimum absolute atomic E-state index is 0.0249. The molecule has 0 spiro atoms. The van der Waals surface area contributed by atoms with Crippen LogP contribution in [0.4, 0.5) is 9.18 Å². The van der Waals surface area contributed by atoms with Crippen LogP contribution in [0.1, 0.15) is 56.9 Å². The topological polar surface area (TPSA) is 75.4 Å². The lowest BCUT2D eigenvalue weighted by atomic mass is 9.80. The molecule has 1 aromatic carbocycles. The van der Waals surface area contributed by atoms with Gasteiger partial charge >= 0.3 is 6.03 Å². The van der Waals surface area contributed by atoms with E-state index in [0.29, 0.717) is 19.4 Å². The Morgan fingerprint density at radius 3 is 2.44 bits per heavy atom. The molecule has 1 heterocycles. The number of amides is 3. The molecule has 1 aromatic rings. The van der Waals surface area contributed by atoms with Crippen molar-refractivity contribution in [2.24, 2.45) is 5.73 Å². The van der Waals surface area contributed by atoms with E-state index in [1.807, 2.05) is 11.8 Å². The first-order valence-corrected chi connectivity index (χ1v) is 9.05. The zero-order valence-electron chi connectivity index (χ0n) is 14.6. The number of hydrogen-bond donors (Lipinski definition) is 2. The van der Waals surface area contributed by atoms with Gasteiger partial charge in [-0.3, -0.25) is 4.79 Å². The number of nitrogens with one attached hydrogen (secondary N) is 1. The maximum atomic E-state index is 13.3. The van der Waals surface area contributed by atoms with Crippen molar-refractivity contribution >= 4 is 11.9 Å². The molecule has 25 heavy (non-hydrogen) atoms. The average molecular weight is 347 g/mol. The van der Waals surface area contributed by atoms with Crippen molar-refractivity contribution in [3.05, 3.63) is 35.6 Å². The number of nitrogens with zero attached hydrogens (tertiary/aromatic N) is 1. The molecule has 5 nitrogen and oxygen atoms in total. The molecule has 2 fully saturated rings. The number of nitrogens with two attached hydrogens (primary N) is 1. The molecule has 1 saturated carbocycles. The number of likely N-dealkylation sites (tertiary alicyclic amines) is 1. The normalized spacial score (nSPS) is 25.6. The lowest BCUT2D eigenvalue weighted by molar-refractivity contribution is -0.140. The summed E-state index contributed by atoms with van der Waals surface area (Å²) in [6, 6.07) is 5.94. The molecule has 2 atom stereocenters. The van der Waals surface area contributed by atoms with Gasteiger partial charge in [0, 0.05) is 18.5 Å². The van der Waals surface area contributed by atoms with Crippen molar-refractivity contribution in [3.63, 3.8) is 0 Å². The predicted octanol–water partition coefficient (Wildman–Crippen LogP) is 2.90. The van der Waals surface area contributed by atoms with E-state index in [2.05, 4.69) is 5.32 Å². The van der Waals surface area contributed by atoms with E-state index in [-0.39, 0.29) is 23.7 Å². The van der Waals surface area contributed by atoms with Gasteiger partial charge < -0.3 is 16.0 Å². The van der Waals surface area contributed by atoms with Gasteiger partial charge in [0.25, 0.3) is 0 Å². The van der Waals surface area contributed by atoms with E-state index in [9.17, 15) is 14.0 Å². The summed E-state index contributed by atoms with van der Waals surface area (Å²) in [6.45, 7) is 2.62. The molecule has 3 N–H and O–H groups in total. The van der Waals surface area contributed by atoms with Gasteiger partial charge in [-0.15, -0.1) is 0 Å². The minimum Gasteiger partial charge on any atom is -0.352 e. The Hall–Kier alpha value is -2.11. The molecule has 1 aliphatic carbocycles. The zero-order valence-corrected chi connectivity index (χ0v) is 14.6. The maximum Gasteiger partial charge on any atom is 0.313 e. The van der Waals surface area contributed by atoms with E-state index in [0.717, 1.165) is 31.2 Å². The standard InChI is InChI=1S/C19H26FN3O2/c1-13-11-15(14-5-7-16(20)8-6-14)12-23(13)17(24)19(22-18(21)25)9-3-2-4-10-19/h5-8,13,15H,2-4,9-12H2,1H3,(H3,21,22,25)/t13-,15-/m1/s1. The summed E-state index contributed by atoms with van der Waals surface area (Å²) < 4.78 is 13.2. The van der Waals surface area contributed by atoms with Crippen molar-refractivity contribution < 1.29 is 14.0 Å². The van der Waals surface area contributed by atoms with Crippen molar-refractivity contribution in [2.75, 3.05) is 6.54 Å². The summed E-state index contributed by atoms with van der Waals surface area (Å²) in [5.41, 5.74) is 5.54. The molecule has 0 radical (unpaired) electrons. The highest BCUT2D eigenvalue weighted by Gasteiger charge is 2.46. The van der Waals surface area contributed by atoms with Crippen LogP contribution in [0.2, 0.25) is 0 Å². The summed E-state index contributed by atoms with van der Waals surface area (Å²) in [7, 11) is 0. The smallest absolute Gasteiger partial charge is 0.313 e. The summed E-state index contributed by atoms with van der Waals surface area (Å²) in [5.74, 6) is -0.0913. The highest BCUT2D eigenvalue weighted by atomic mass is 19.1. The Labute approximate surface area is 147 Å². The second kappa shape index (κ2) is 7.02. The van der Waals surface area contributed by atoms with Crippen LogP contribution in [0.25, 0.3) is 0 Å². The number of benzene rings is 1. The van der Waals surface area contributed by atoms with Gasteiger partial charge in [0.05, 0.1) is 0 Å². The molecule has 0 unspecified atom stereocenters. The number of hydrogen-bond acceptors (Lipinski definition) is 2. The highest BCUT2D eigenvalue weighted by molar-refractivity contribution is 5.91. The third-order valence-electron chi connectivity index (χ3n) is 5.66. The first-order valence-electron chi connectivity index (χ1n) is 9.05. The van der Waals surface area contributed by atoms with Crippen molar-refractivity contribution in [3.8, 4) is 0 Å². The Morgan fingerprint density at radius 1 is 1.20 bits per heavy atom. The second-order valence-corrected chi connectivity index (χ2v) is 7.42. The van der Waals surface area contributed by atoms with Gasteiger partial charge in [-0.1, -0.05) is 31.4 Å². The Kier molecular flexibility index (Phi) is 4.97. The van der Waals surface area contributed by atoms with Crippen LogP contribution >= 0.6 is 0 Å². The molecule has 2 aliphatic rings. The van der Waals surface area contributed by atoms with E-state index in [4.69, 9.17) is 5.73 Å². The van der Waals surface area contributed by atoms with Gasteiger partial charge in [-0.2, -0.15) is 0 Å². The maximum absolute atomic E-state index is 13.3. The van der Waals surface area contributed by atoms with Crippen LogP contribution in [0, 0.1) is 5.82 Å². The number of halogens is 1. The van der Waals surface area contributed by atoms with Crippen LogP contribution in [-0.2, 0) is 4.79 Å².